The number of carbonyl (C=O) groups is 2. The van der Waals surface area contributed by atoms with Crippen molar-refractivity contribution in [3.8, 4) is 22.7 Å². The number of rotatable bonds is 6. The van der Waals surface area contributed by atoms with E-state index in [2.05, 4.69) is 34.9 Å². The van der Waals surface area contributed by atoms with Gasteiger partial charge in [-0.15, -0.1) is 0 Å². The fourth-order valence-corrected chi connectivity index (χ4v) is 5.71. The summed E-state index contributed by atoms with van der Waals surface area (Å²) in [5, 5.41) is 0. The van der Waals surface area contributed by atoms with Gasteiger partial charge in [0.05, 0.1) is 25.3 Å². The number of fused-ring (bicyclic) bond motifs is 1. The number of nitrogens with zero attached hydrogens (tertiary/aromatic N) is 2. The van der Waals surface area contributed by atoms with Crippen molar-refractivity contribution in [2.45, 2.75) is 51.9 Å². The normalized spacial score (nSPS) is 17.6. The third kappa shape index (κ3) is 5.29. The summed E-state index contributed by atoms with van der Waals surface area (Å²) in [4.78, 5) is 27.3. The van der Waals surface area contributed by atoms with Gasteiger partial charge in [-0.2, -0.15) is 0 Å². The number of esters is 1. The molecular formula is C31H36N2O4. The minimum absolute atomic E-state index is 0.0279. The summed E-state index contributed by atoms with van der Waals surface area (Å²) in [6.45, 7) is 3.27. The molecule has 37 heavy (non-hydrogen) atoms. The number of hydrogen-bond acceptors (Lipinski definition) is 4. The van der Waals surface area contributed by atoms with Crippen LogP contribution in [0.25, 0.3) is 16.9 Å². The lowest BCUT2D eigenvalue weighted by molar-refractivity contribution is -0.149. The quantitative estimate of drug-likeness (QED) is 0.315. The highest BCUT2D eigenvalue weighted by Gasteiger charge is 2.30. The molecule has 0 unspecified atom stereocenters. The van der Waals surface area contributed by atoms with Crippen molar-refractivity contribution >= 4 is 11.9 Å². The zero-order valence-corrected chi connectivity index (χ0v) is 21.9. The molecule has 3 aromatic rings. The van der Waals surface area contributed by atoms with E-state index in [1.807, 2.05) is 31.2 Å². The fraction of sp³-hybridized carbons (Fsp3) is 0.419. The molecule has 0 spiro atoms. The van der Waals surface area contributed by atoms with Gasteiger partial charge in [0.15, 0.2) is 0 Å². The minimum Gasteiger partial charge on any atom is -0.497 e. The molecule has 194 valence electrons. The Morgan fingerprint density at radius 2 is 1.78 bits per heavy atom. The molecule has 0 radical (unpaired) electrons. The van der Waals surface area contributed by atoms with E-state index in [0.29, 0.717) is 25.3 Å². The number of ether oxygens (including phenoxy) is 2. The van der Waals surface area contributed by atoms with Crippen LogP contribution < -0.4 is 4.74 Å². The Morgan fingerprint density at radius 3 is 2.57 bits per heavy atom. The van der Waals surface area contributed by atoms with E-state index in [0.717, 1.165) is 48.4 Å². The second-order valence-electron chi connectivity index (χ2n) is 10.0. The Labute approximate surface area is 219 Å². The van der Waals surface area contributed by atoms with E-state index in [-0.39, 0.29) is 17.8 Å². The number of likely N-dealkylation sites (tertiary alicyclic amines) is 1. The summed E-state index contributed by atoms with van der Waals surface area (Å²) in [5.74, 6) is 0.371. The van der Waals surface area contributed by atoms with Crippen molar-refractivity contribution in [2.75, 3.05) is 26.8 Å². The first-order chi connectivity index (χ1) is 18.1. The van der Waals surface area contributed by atoms with Gasteiger partial charge in [0.1, 0.15) is 5.75 Å². The average Bonchev–Trinajstić information content (AvgIpc) is 3.15. The van der Waals surface area contributed by atoms with E-state index in [9.17, 15) is 9.59 Å². The van der Waals surface area contributed by atoms with Crippen LogP contribution in [0.2, 0.25) is 0 Å². The van der Waals surface area contributed by atoms with Crippen molar-refractivity contribution in [3.63, 3.8) is 0 Å². The molecule has 1 fully saturated rings. The monoisotopic (exact) mass is 500 g/mol. The maximum Gasteiger partial charge on any atom is 0.310 e. The number of aromatic nitrogens is 1. The number of piperidine rings is 1. The van der Waals surface area contributed by atoms with Crippen molar-refractivity contribution in [1.29, 1.82) is 0 Å². The first kappa shape index (κ1) is 25.1. The first-order valence-electron chi connectivity index (χ1n) is 13.5. The molecule has 0 bridgehead atoms. The second kappa shape index (κ2) is 11.2. The summed E-state index contributed by atoms with van der Waals surface area (Å²) >= 11 is 0. The van der Waals surface area contributed by atoms with Crippen LogP contribution >= 0.6 is 0 Å². The van der Waals surface area contributed by atoms with E-state index in [4.69, 9.17) is 9.47 Å². The lowest BCUT2D eigenvalue weighted by Gasteiger charge is -2.31. The standard InChI is InChI=1S/C31H36N2O4/c1-3-37-31(35)25-11-8-18-32(21-25)30(34)22-14-16-26(17-15-22)33-28-13-6-4-5-9-24(28)20-29(33)23-10-7-12-27(19-23)36-2/h7,10,12,14-17,19-20,25H,3-6,8-9,11,13,18,21H2,1-2H3/t25-/m0/s1. The molecule has 0 saturated carbocycles. The third-order valence-corrected chi connectivity index (χ3v) is 7.62. The Hall–Kier alpha value is -3.54. The molecular weight excluding hydrogens is 464 g/mol. The second-order valence-corrected chi connectivity index (χ2v) is 10.0. The SMILES string of the molecule is CCOC(=O)[C@H]1CCCN(C(=O)c2ccc(-n3c(-c4cccc(OC)c4)cc4c3CCCCC4)cc2)C1. The lowest BCUT2D eigenvalue weighted by atomic mass is 9.97. The van der Waals surface area contributed by atoms with Crippen molar-refractivity contribution in [1.82, 2.24) is 9.47 Å². The smallest absolute Gasteiger partial charge is 0.310 e. The largest absolute Gasteiger partial charge is 0.497 e. The fourth-order valence-electron chi connectivity index (χ4n) is 5.71. The van der Waals surface area contributed by atoms with Gasteiger partial charge in [-0.25, -0.2) is 0 Å². The average molecular weight is 501 g/mol. The molecule has 2 aliphatic rings. The number of hydrogen-bond donors (Lipinski definition) is 0. The van der Waals surface area contributed by atoms with Crippen LogP contribution in [-0.2, 0) is 22.4 Å². The van der Waals surface area contributed by atoms with Gasteiger partial charge in [-0.05, 0) is 93.5 Å². The molecule has 2 heterocycles. The molecule has 1 aromatic heterocycles. The highest BCUT2D eigenvalue weighted by molar-refractivity contribution is 5.95. The van der Waals surface area contributed by atoms with Crippen LogP contribution in [0.4, 0.5) is 0 Å². The van der Waals surface area contributed by atoms with E-state index in [1.165, 1.54) is 30.5 Å². The third-order valence-electron chi connectivity index (χ3n) is 7.62. The highest BCUT2D eigenvalue weighted by atomic mass is 16.5. The molecule has 6 nitrogen and oxygen atoms in total. The number of benzene rings is 2. The number of carbonyl (C=O) groups excluding carboxylic acids is 2. The minimum atomic E-state index is -0.238. The zero-order chi connectivity index (χ0) is 25.8. The number of amides is 1. The van der Waals surface area contributed by atoms with Gasteiger partial charge in [0, 0.05) is 35.6 Å². The summed E-state index contributed by atoms with van der Waals surface area (Å²) in [6, 6.07) is 18.5. The molecule has 0 N–H and O–H groups in total. The van der Waals surface area contributed by atoms with Crippen LogP contribution in [0.3, 0.4) is 0 Å². The first-order valence-corrected chi connectivity index (χ1v) is 13.5. The van der Waals surface area contributed by atoms with Crippen molar-refractivity contribution < 1.29 is 19.1 Å². The predicted molar refractivity (Wildman–Crippen MR) is 144 cm³/mol. The Balaban J connectivity index is 1.44. The van der Waals surface area contributed by atoms with Gasteiger partial charge < -0.3 is 18.9 Å². The topological polar surface area (TPSA) is 60.8 Å². The van der Waals surface area contributed by atoms with Crippen LogP contribution in [0.5, 0.6) is 5.75 Å². The van der Waals surface area contributed by atoms with Crippen LogP contribution in [0.1, 0.15) is 60.6 Å². The Morgan fingerprint density at radius 1 is 0.973 bits per heavy atom. The Bertz CT molecular complexity index is 1260. The van der Waals surface area contributed by atoms with Gasteiger partial charge in [0.2, 0.25) is 0 Å². The molecule has 6 heteroatoms. The Kier molecular flexibility index (Phi) is 7.63. The molecule has 5 rings (SSSR count). The van der Waals surface area contributed by atoms with E-state index in [1.54, 1.807) is 12.0 Å². The maximum absolute atomic E-state index is 13.3. The summed E-state index contributed by atoms with van der Waals surface area (Å²) in [7, 11) is 1.69. The van der Waals surface area contributed by atoms with Crippen LogP contribution in [-0.4, -0.2) is 48.1 Å². The lowest BCUT2D eigenvalue weighted by Crippen LogP contribution is -2.42. The number of methoxy groups -OCH3 is 1. The zero-order valence-electron chi connectivity index (χ0n) is 21.9. The van der Waals surface area contributed by atoms with Gasteiger partial charge in [-0.3, -0.25) is 9.59 Å². The molecule has 2 aromatic carbocycles. The predicted octanol–water partition coefficient (Wildman–Crippen LogP) is 5.84. The molecule has 1 atom stereocenters. The van der Waals surface area contributed by atoms with E-state index < -0.39 is 0 Å². The van der Waals surface area contributed by atoms with Crippen LogP contribution in [0.15, 0.2) is 54.6 Å². The van der Waals surface area contributed by atoms with Crippen molar-refractivity contribution in [3.05, 3.63) is 71.4 Å². The molecule has 1 amide bonds. The maximum atomic E-state index is 13.3. The highest BCUT2D eigenvalue weighted by Crippen LogP contribution is 2.35. The molecule has 1 aliphatic carbocycles. The van der Waals surface area contributed by atoms with Gasteiger partial charge in [-0.1, -0.05) is 18.6 Å². The summed E-state index contributed by atoms with van der Waals surface area (Å²) < 4.78 is 13.1. The van der Waals surface area contributed by atoms with Crippen molar-refractivity contribution in [2.24, 2.45) is 5.92 Å². The number of aryl methyl sites for hydroxylation is 1. The molecule has 1 saturated heterocycles. The van der Waals surface area contributed by atoms with E-state index >= 15 is 0 Å². The van der Waals surface area contributed by atoms with Crippen LogP contribution in [0, 0.1) is 5.92 Å². The van der Waals surface area contributed by atoms with Gasteiger partial charge in [0.25, 0.3) is 5.91 Å². The summed E-state index contributed by atoms with van der Waals surface area (Å²) in [6.07, 6.45) is 7.36. The molecule has 1 aliphatic heterocycles. The van der Waals surface area contributed by atoms with Gasteiger partial charge >= 0.3 is 5.97 Å². The summed E-state index contributed by atoms with van der Waals surface area (Å²) in [5.41, 5.74) is 6.75.